The summed E-state index contributed by atoms with van der Waals surface area (Å²) < 4.78 is 5.43. The molecule has 0 bridgehead atoms. The maximum absolute atomic E-state index is 5.43. The Balaban J connectivity index is 1.85. The molecule has 6 nitrogen and oxygen atoms in total. The number of aromatic nitrogens is 3. The summed E-state index contributed by atoms with van der Waals surface area (Å²) in [6, 6.07) is 2.07. The molecule has 2 aromatic heterocycles. The molecule has 0 fully saturated rings. The first-order valence-electron chi connectivity index (χ1n) is 7.97. The predicted octanol–water partition coefficient (Wildman–Crippen LogP) is 1.80. The second-order valence-electron chi connectivity index (χ2n) is 5.82. The fourth-order valence-corrected chi connectivity index (χ4v) is 3.01. The predicted molar refractivity (Wildman–Crippen MR) is 89.9 cm³/mol. The van der Waals surface area contributed by atoms with Crippen LogP contribution in [0.3, 0.4) is 0 Å². The number of hydrogen-bond acceptors (Lipinski definition) is 6. The van der Waals surface area contributed by atoms with Crippen LogP contribution >= 0.6 is 0 Å². The van der Waals surface area contributed by atoms with Crippen molar-refractivity contribution in [2.75, 3.05) is 25.5 Å². The van der Waals surface area contributed by atoms with Crippen LogP contribution in [0.25, 0.3) is 0 Å². The van der Waals surface area contributed by atoms with Gasteiger partial charge >= 0.3 is 0 Å². The number of ether oxygens (including phenoxy) is 1. The summed E-state index contributed by atoms with van der Waals surface area (Å²) in [6.45, 7) is 6.63. The number of fused-ring (bicyclic) bond motifs is 1. The first-order chi connectivity index (χ1) is 11.2. The molecule has 0 aromatic carbocycles. The molecule has 1 aliphatic rings. The van der Waals surface area contributed by atoms with Gasteiger partial charge < -0.3 is 15.4 Å². The van der Waals surface area contributed by atoms with Crippen LogP contribution < -0.4 is 15.4 Å². The minimum Gasteiger partial charge on any atom is -0.481 e. The topological polar surface area (TPSA) is 72.0 Å². The van der Waals surface area contributed by atoms with Gasteiger partial charge in [-0.1, -0.05) is 0 Å². The van der Waals surface area contributed by atoms with E-state index in [1.54, 1.807) is 13.4 Å². The van der Waals surface area contributed by atoms with Crippen LogP contribution in [0.1, 0.15) is 28.1 Å². The minimum atomic E-state index is 0.638. The van der Waals surface area contributed by atoms with Crippen molar-refractivity contribution in [3.63, 3.8) is 0 Å². The zero-order valence-corrected chi connectivity index (χ0v) is 13.9. The average molecular weight is 313 g/mol. The Morgan fingerprint density at radius 2 is 2.04 bits per heavy atom. The summed E-state index contributed by atoms with van der Waals surface area (Å²) in [5.74, 6) is 1.59. The highest BCUT2D eigenvalue weighted by Crippen LogP contribution is 2.24. The van der Waals surface area contributed by atoms with E-state index in [-0.39, 0.29) is 0 Å². The van der Waals surface area contributed by atoms with Crippen molar-refractivity contribution >= 4 is 5.82 Å². The summed E-state index contributed by atoms with van der Waals surface area (Å²) in [4.78, 5) is 13.3. The Morgan fingerprint density at radius 1 is 1.22 bits per heavy atom. The van der Waals surface area contributed by atoms with Gasteiger partial charge in [-0.15, -0.1) is 0 Å². The summed E-state index contributed by atoms with van der Waals surface area (Å²) in [7, 11) is 1.66. The molecular weight excluding hydrogens is 290 g/mol. The molecule has 0 saturated carbocycles. The number of hydrogen-bond donors (Lipinski definition) is 2. The Hall–Kier alpha value is -2.21. The van der Waals surface area contributed by atoms with Crippen molar-refractivity contribution in [1.29, 1.82) is 0 Å². The second-order valence-corrected chi connectivity index (χ2v) is 5.82. The van der Waals surface area contributed by atoms with Crippen LogP contribution in [0.5, 0.6) is 5.88 Å². The molecule has 122 valence electrons. The van der Waals surface area contributed by atoms with Gasteiger partial charge in [-0.25, -0.2) is 15.0 Å². The van der Waals surface area contributed by atoms with Crippen LogP contribution in [0.2, 0.25) is 0 Å². The van der Waals surface area contributed by atoms with Crippen LogP contribution in [0, 0.1) is 13.8 Å². The van der Waals surface area contributed by atoms with Gasteiger partial charge in [0.05, 0.1) is 12.8 Å². The molecule has 1 aliphatic heterocycles. The molecule has 0 saturated heterocycles. The van der Waals surface area contributed by atoms with Crippen LogP contribution in [-0.2, 0) is 19.4 Å². The molecule has 3 heterocycles. The lowest BCUT2D eigenvalue weighted by molar-refractivity contribution is 0.391. The van der Waals surface area contributed by atoms with E-state index in [0.717, 1.165) is 48.7 Å². The lowest BCUT2D eigenvalue weighted by Gasteiger charge is -2.15. The number of nitrogens with one attached hydrogen (secondary N) is 2. The maximum atomic E-state index is 5.43. The monoisotopic (exact) mass is 313 g/mol. The first-order valence-corrected chi connectivity index (χ1v) is 7.97. The number of anilines is 1. The number of methoxy groups -OCH3 is 1. The molecule has 0 atom stereocenters. The quantitative estimate of drug-likeness (QED) is 0.897. The highest BCUT2D eigenvalue weighted by atomic mass is 16.5. The standard InChI is InChI=1S/C17H23N5O/c1-11-8-12(2)22-17(23-3)14(11)9-19-16-13-4-6-18-7-5-15(13)20-10-21-16/h8,10,18H,4-7,9H2,1-3H3,(H,19,20,21). The van der Waals surface area contributed by atoms with E-state index >= 15 is 0 Å². The van der Waals surface area contributed by atoms with Crippen LogP contribution in [-0.4, -0.2) is 35.2 Å². The Kier molecular flexibility index (Phi) is 4.71. The van der Waals surface area contributed by atoms with Gasteiger partial charge in [0.15, 0.2) is 0 Å². The molecule has 23 heavy (non-hydrogen) atoms. The van der Waals surface area contributed by atoms with E-state index in [1.165, 1.54) is 11.1 Å². The molecule has 2 aromatic rings. The summed E-state index contributed by atoms with van der Waals surface area (Å²) in [6.07, 6.45) is 3.53. The van der Waals surface area contributed by atoms with Crippen LogP contribution in [0.4, 0.5) is 5.82 Å². The van der Waals surface area contributed by atoms with E-state index in [1.807, 2.05) is 6.92 Å². The highest BCUT2D eigenvalue weighted by Gasteiger charge is 2.15. The van der Waals surface area contributed by atoms with Crippen molar-refractivity contribution in [3.8, 4) is 5.88 Å². The SMILES string of the molecule is COc1nc(C)cc(C)c1CNc1ncnc2c1CCNCC2. The molecule has 0 aliphatic carbocycles. The van der Waals surface area contributed by atoms with Gasteiger partial charge in [0.25, 0.3) is 0 Å². The molecule has 0 radical (unpaired) electrons. The lowest BCUT2D eigenvalue weighted by Crippen LogP contribution is -2.16. The van der Waals surface area contributed by atoms with Gasteiger partial charge in [-0.2, -0.15) is 0 Å². The maximum Gasteiger partial charge on any atom is 0.218 e. The van der Waals surface area contributed by atoms with Gasteiger partial charge in [0.1, 0.15) is 12.1 Å². The van der Waals surface area contributed by atoms with Crippen molar-refractivity contribution in [1.82, 2.24) is 20.3 Å². The Morgan fingerprint density at radius 3 is 2.87 bits per heavy atom. The van der Waals surface area contributed by atoms with E-state index in [9.17, 15) is 0 Å². The third kappa shape index (κ3) is 3.42. The molecule has 0 spiro atoms. The van der Waals surface area contributed by atoms with Gasteiger partial charge in [-0.05, 0) is 38.4 Å². The first kappa shape index (κ1) is 15.7. The van der Waals surface area contributed by atoms with Gasteiger partial charge in [0, 0.05) is 36.3 Å². The van der Waals surface area contributed by atoms with Gasteiger partial charge in [-0.3, -0.25) is 0 Å². The normalized spacial score (nSPS) is 14.0. The molecule has 0 amide bonds. The zero-order valence-electron chi connectivity index (χ0n) is 13.9. The second kappa shape index (κ2) is 6.91. The Bertz CT molecular complexity index is 702. The zero-order chi connectivity index (χ0) is 16.2. The van der Waals surface area contributed by atoms with Gasteiger partial charge in [0.2, 0.25) is 5.88 Å². The number of rotatable bonds is 4. The summed E-state index contributed by atoms with van der Waals surface area (Å²) in [5.41, 5.74) is 5.55. The number of pyridine rings is 1. The van der Waals surface area contributed by atoms with E-state index < -0.39 is 0 Å². The molecular formula is C17H23N5O. The third-order valence-electron chi connectivity index (χ3n) is 4.19. The molecule has 3 rings (SSSR count). The molecule has 6 heteroatoms. The lowest BCUT2D eigenvalue weighted by atomic mass is 10.1. The molecule has 2 N–H and O–H groups in total. The largest absolute Gasteiger partial charge is 0.481 e. The van der Waals surface area contributed by atoms with E-state index in [4.69, 9.17) is 4.74 Å². The van der Waals surface area contributed by atoms with E-state index in [0.29, 0.717) is 12.4 Å². The fraction of sp³-hybridized carbons (Fsp3) is 0.471. The highest BCUT2D eigenvalue weighted by molar-refractivity contribution is 5.48. The minimum absolute atomic E-state index is 0.638. The third-order valence-corrected chi connectivity index (χ3v) is 4.19. The summed E-state index contributed by atoms with van der Waals surface area (Å²) in [5, 5.41) is 6.86. The molecule has 0 unspecified atom stereocenters. The van der Waals surface area contributed by atoms with Crippen LogP contribution in [0.15, 0.2) is 12.4 Å². The smallest absolute Gasteiger partial charge is 0.218 e. The van der Waals surface area contributed by atoms with Crippen molar-refractivity contribution in [2.24, 2.45) is 0 Å². The summed E-state index contributed by atoms with van der Waals surface area (Å²) >= 11 is 0. The van der Waals surface area contributed by atoms with E-state index in [2.05, 4.69) is 38.6 Å². The number of aryl methyl sites for hydroxylation is 2. The van der Waals surface area contributed by atoms with Crippen molar-refractivity contribution in [2.45, 2.75) is 33.2 Å². The Labute approximate surface area is 136 Å². The van der Waals surface area contributed by atoms with Crippen molar-refractivity contribution < 1.29 is 4.74 Å². The average Bonchev–Trinajstić information content (AvgIpc) is 2.79. The fourth-order valence-electron chi connectivity index (χ4n) is 3.01. The van der Waals surface area contributed by atoms with Crippen molar-refractivity contribution in [3.05, 3.63) is 40.5 Å². The number of nitrogens with zero attached hydrogens (tertiary/aromatic N) is 3.